The predicted octanol–water partition coefficient (Wildman–Crippen LogP) is 5.98. The maximum atomic E-state index is 11.2. The van der Waals surface area contributed by atoms with Crippen LogP contribution in [0.2, 0.25) is 5.02 Å². The van der Waals surface area contributed by atoms with E-state index in [1.54, 1.807) is 20.4 Å². The maximum Gasteiger partial charge on any atom is 0.119 e. The Balaban J connectivity index is 1.28. The van der Waals surface area contributed by atoms with Crippen LogP contribution in [-0.4, -0.2) is 66.3 Å². The second kappa shape index (κ2) is 13.2. The number of aliphatic hydroxyl groups is 2. The number of methoxy groups -OCH3 is 2. The first-order chi connectivity index (χ1) is 18.0. The Morgan fingerprint density at radius 2 is 1.86 bits per heavy atom. The fraction of sp³-hybridized carbons (Fsp3) is 0.483. The van der Waals surface area contributed by atoms with Gasteiger partial charge >= 0.3 is 0 Å². The molecule has 1 aliphatic heterocycles. The molecule has 1 fully saturated rings. The van der Waals surface area contributed by atoms with Gasteiger partial charge in [0.05, 0.1) is 30.9 Å². The molecule has 0 bridgehead atoms. The van der Waals surface area contributed by atoms with Crippen molar-refractivity contribution in [2.24, 2.45) is 5.41 Å². The van der Waals surface area contributed by atoms with Crippen LogP contribution in [0.4, 0.5) is 0 Å². The minimum atomic E-state index is -0.736. The van der Waals surface area contributed by atoms with Crippen molar-refractivity contribution in [2.45, 2.75) is 43.1 Å². The number of rotatable bonds is 12. The third-order valence-electron chi connectivity index (χ3n) is 7.53. The molecule has 0 aliphatic carbocycles. The summed E-state index contributed by atoms with van der Waals surface area (Å²) in [6.45, 7) is 3.13. The third-order valence-corrected chi connectivity index (χ3v) is 8.91. The Bertz CT molecular complexity index is 1170. The fourth-order valence-corrected chi connectivity index (χ4v) is 6.29. The number of pyridine rings is 1. The summed E-state index contributed by atoms with van der Waals surface area (Å²) in [5.41, 5.74) is 1.29. The number of fused-ring (bicyclic) bond motifs is 1. The minimum absolute atomic E-state index is 0.137. The summed E-state index contributed by atoms with van der Waals surface area (Å²) < 4.78 is 10.7. The van der Waals surface area contributed by atoms with Crippen molar-refractivity contribution < 1.29 is 19.7 Å². The molecule has 4 rings (SSSR count). The maximum absolute atomic E-state index is 11.2. The molecule has 0 unspecified atom stereocenters. The zero-order valence-electron chi connectivity index (χ0n) is 21.7. The van der Waals surface area contributed by atoms with E-state index in [0.717, 1.165) is 67.7 Å². The van der Waals surface area contributed by atoms with Crippen molar-refractivity contribution in [1.82, 2.24) is 9.88 Å². The smallest absolute Gasteiger partial charge is 0.119 e. The number of halogens is 1. The molecular weight excluding hydrogens is 508 g/mol. The van der Waals surface area contributed by atoms with Gasteiger partial charge < -0.3 is 24.6 Å². The van der Waals surface area contributed by atoms with Gasteiger partial charge in [-0.2, -0.15) is 0 Å². The lowest BCUT2D eigenvalue weighted by Crippen LogP contribution is -2.42. The van der Waals surface area contributed by atoms with Crippen LogP contribution < -0.4 is 9.47 Å². The van der Waals surface area contributed by atoms with Gasteiger partial charge in [0.1, 0.15) is 11.5 Å². The number of aromatic nitrogens is 1. The summed E-state index contributed by atoms with van der Waals surface area (Å²) in [4.78, 5) is 8.12. The van der Waals surface area contributed by atoms with Crippen molar-refractivity contribution in [1.29, 1.82) is 0 Å². The van der Waals surface area contributed by atoms with Crippen LogP contribution >= 0.6 is 23.4 Å². The van der Waals surface area contributed by atoms with Crippen LogP contribution in [0.15, 0.2) is 53.6 Å². The van der Waals surface area contributed by atoms with Crippen LogP contribution in [0.5, 0.6) is 11.5 Å². The SMILES string of the molecule is COc1cccc(SCCCN2CCC(CO)(CC[C@@H](O)c3c(Cl)cnc4ccc(OC)cc34)CC2)c1. The first-order valence-corrected chi connectivity index (χ1v) is 14.2. The van der Waals surface area contributed by atoms with Gasteiger partial charge in [-0.05, 0) is 99.3 Å². The molecule has 1 atom stereocenters. The standard InChI is InChI=1S/C29H37ClN2O4S/c1-35-21-5-3-6-23(17-21)37-16-4-13-32-14-11-29(20-33,12-15-32)10-9-27(34)28-24-18-22(36-2)7-8-26(24)31-19-25(28)30/h3,5-8,17-19,27,33-34H,4,9-16,20H2,1-2H3/t27-/m1/s1. The average Bonchev–Trinajstić information content (AvgIpc) is 2.94. The molecule has 0 radical (unpaired) electrons. The lowest BCUT2D eigenvalue weighted by Gasteiger charge is -2.41. The Labute approximate surface area is 228 Å². The molecule has 2 N–H and O–H groups in total. The zero-order chi connectivity index (χ0) is 26.3. The molecule has 2 aromatic carbocycles. The molecule has 3 aromatic rings. The second-order valence-corrected chi connectivity index (χ2v) is 11.4. The van der Waals surface area contributed by atoms with Crippen molar-refractivity contribution in [2.75, 3.05) is 46.2 Å². The molecule has 1 aliphatic rings. The number of nitrogens with zero attached hydrogens (tertiary/aromatic N) is 2. The highest BCUT2D eigenvalue weighted by molar-refractivity contribution is 7.99. The van der Waals surface area contributed by atoms with Gasteiger partial charge in [0.15, 0.2) is 0 Å². The van der Waals surface area contributed by atoms with Gasteiger partial charge in [0.25, 0.3) is 0 Å². The van der Waals surface area contributed by atoms with Gasteiger partial charge in [-0.15, -0.1) is 11.8 Å². The molecule has 37 heavy (non-hydrogen) atoms. The summed E-state index contributed by atoms with van der Waals surface area (Å²) >= 11 is 8.35. The van der Waals surface area contributed by atoms with Gasteiger partial charge in [0.2, 0.25) is 0 Å². The molecule has 1 saturated heterocycles. The van der Waals surface area contributed by atoms with E-state index in [1.165, 1.54) is 4.90 Å². The van der Waals surface area contributed by atoms with Crippen LogP contribution in [0.25, 0.3) is 10.9 Å². The number of hydrogen-bond acceptors (Lipinski definition) is 7. The number of ether oxygens (including phenoxy) is 2. The Morgan fingerprint density at radius 3 is 2.59 bits per heavy atom. The Hall–Kier alpha value is -2.03. The topological polar surface area (TPSA) is 75.1 Å². The normalized spacial score (nSPS) is 16.6. The monoisotopic (exact) mass is 544 g/mol. The third kappa shape index (κ3) is 7.09. The molecule has 0 amide bonds. The van der Waals surface area contributed by atoms with Crippen molar-refractivity contribution in [3.05, 3.63) is 59.2 Å². The fourth-order valence-electron chi connectivity index (χ4n) is 5.13. The van der Waals surface area contributed by atoms with E-state index >= 15 is 0 Å². The van der Waals surface area contributed by atoms with E-state index < -0.39 is 6.10 Å². The summed E-state index contributed by atoms with van der Waals surface area (Å²) in [6.07, 6.45) is 5.11. The molecule has 0 saturated carbocycles. The Morgan fingerprint density at radius 1 is 1.11 bits per heavy atom. The van der Waals surface area contributed by atoms with Gasteiger partial charge in [-0.1, -0.05) is 17.7 Å². The number of benzene rings is 2. The number of likely N-dealkylation sites (tertiary alicyclic amines) is 1. The van der Waals surface area contributed by atoms with E-state index in [9.17, 15) is 10.2 Å². The first-order valence-electron chi connectivity index (χ1n) is 12.9. The van der Waals surface area contributed by atoms with Gasteiger partial charge in [-0.3, -0.25) is 4.98 Å². The largest absolute Gasteiger partial charge is 0.497 e. The number of hydrogen-bond donors (Lipinski definition) is 2. The summed E-state index contributed by atoms with van der Waals surface area (Å²) in [7, 11) is 3.31. The van der Waals surface area contributed by atoms with Crippen molar-refractivity contribution >= 4 is 34.3 Å². The van der Waals surface area contributed by atoms with Crippen LogP contribution in [0, 0.1) is 5.41 Å². The van der Waals surface area contributed by atoms with E-state index in [4.69, 9.17) is 21.1 Å². The van der Waals surface area contributed by atoms with E-state index in [1.807, 2.05) is 42.1 Å². The average molecular weight is 545 g/mol. The highest BCUT2D eigenvalue weighted by atomic mass is 35.5. The summed E-state index contributed by atoms with van der Waals surface area (Å²) in [5.74, 6) is 2.66. The highest BCUT2D eigenvalue weighted by Crippen LogP contribution is 2.40. The minimum Gasteiger partial charge on any atom is -0.497 e. The van der Waals surface area contributed by atoms with Crippen molar-refractivity contribution in [3.8, 4) is 11.5 Å². The lowest BCUT2D eigenvalue weighted by atomic mass is 9.74. The van der Waals surface area contributed by atoms with Crippen LogP contribution in [0.1, 0.15) is 43.8 Å². The first kappa shape index (κ1) is 28.0. The Kier molecular flexibility index (Phi) is 9.96. The molecule has 2 heterocycles. The number of piperidine rings is 1. The second-order valence-electron chi connectivity index (χ2n) is 9.84. The van der Waals surface area contributed by atoms with E-state index in [0.29, 0.717) is 22.8 Å². The molecular formula is C29H37ClN2O4S. The molecule has 200 valence electrons. The quantitative estimate of drug-likeness (QED) is 0.215. The molecule has 0 spiro atoms. The summed E-state index contributed by atoms with van der Waals surface area (Å²) in [6, 6.07) is 13.8. The lowest BCUT2D eigenvalue weighted by molar-refractivity contribution is 0.0238. The predicted molar refractivity (Wildman–Crippen MR) is 151 cm³/mol. The van der Waals surface area contributed by atoms with Crippen molar-refractivity contribution in [3.63, 3.8) is 0 Å². The van der Waals surface area contributed by atoms with Gasteiger partial charge in [-0.25, -0.2) is 0 Å². The molecule has 8 heteroatoms. The van der Waals surface area contributed by atoms with Crippen LogP contribution in [-0.2, 0) is 0 Å². The number of thioether (sulfide) groups is 1. The highest BCUT2D eigenvalue weighted by Gasteiger charge is 2.34. The molecule has 6 nitrogen and oxygen atoms in total. The summed E-state index contributed by atoms with van der Waals surface area (Å²) in [5, 5.41) is 22.7. The zero-order valence-corrected chi connectivity index (χ0v) is 23.2. The number of aliphatic hydroxyl groups excluding tert-OH is 2. The van der Waals surface area contributed by atoms with Gasteiger partial charge in [0, 0.05) is 28.6 Å². The van der Waals surface area contributed by atoms with E-state index in [-0.39, 0.29) is 12.0 Å². The van der Waals surface area contributed by atoms with Crippen LogP contribution in [0.3, 0.4) is 0 Å². The molecule has 1 aromatic heterocycles. The van der Waals surface area contributed by atoms with E-state index in [2.05, 4.69) is 22.0 Å².